The first-order valence-electron chi connectivity index (χ1n) is 10.2. The van der Waals surface area contributed by atoms with Crippen molar-refractivity contribution in [1.82, 2.24) is 9.78 Å². The van der Waals surface area contributed by atoms with Crippen molar-refractivity contribution < 1.29 is 0 Å². The van der Waals surface area contributed by atoms with Gasteiger partial charge in [0.15, 0.2) is 0 Å². The van der Waals surface area contributed by atoms with E-state index in [0.717, 1.165) is 6.54 Å². The minimum Gasteiger partial charge on any atom is -0.371 e. The lowest BCUT2D eigenvalue weighted by molar-refractivity contribution is 0.487. The Hall–Kier alpha value is -1.77. The van der Waals surface area contributed by atoms with Crippen LogP contribution in [0.5, 0.6) is 0 Å². The second kappa shape index (κ2) is 8.55. The SMILES string of the molecule is CCC.CCCN1CCCc2cc(-c3cnn4c3CCCC4)ccc21. The van der Waals surface area contributed by atoms with Crippen LogP contribution in [0, 0.1) is 0 Å². The Kier molecular flexibility index (Phi) is 6.17. The van der Waals surface area contributed by atoms with Crippen LogP contribution in [-0.4, -0.2) is 22.9 Å². The molecule has 3 heterocycles. The topological polar surface area (TPSA) is 21.1 Å². The molecule has 1 aromatic heterocycles. The molecule has 3 heteroatoms. The minimum atomic E-state index is 1.09. The van der Waals surface area contributed by atoms with E-state index in [1.54, 1.807) is 0 Å². The van der Waals surface area contributed by atoms with Crippen molar-refractivity contribution in [2.45, 2.75) is 72.3 Å². The predicted molar refractivity (Wildman–Crippen MR) is 107 cm³/mol. The number of aryl methyl sites for hydroxylation is 2. The largest absolute Gasteiger partial charge is 0.371 e. The molecule has 0 bridgehead atoms. The van der Waals surface area contributed by atoms with Crippen LogP contribution in [0.1, 0.15) is 64.1 Å². The van der Waals surface area contributed by atoms with Gasteiger partial charge in [-0.2, -0.15) is 5.10 Å². The van der Waals surface area contributed by atoms with Gasteiger partial charge in [0, 0.05) is 36.6 Å². The quantitative estimate of drug-likeness (QED) is 0.740. The molecule has 3 nitrogen and oxygen atoms in total. The van der Waals surface area contributed by atoms with Crippen LogP contribution in [0.15, 0.2) is 24.4 Å². The van der Waals surface area contributed by atoms with Gasteiger partial charge in [0.1, 0.15) is 0 Å². The molecule has 0 spiro atoms. The highest BCUT2D eigenvalue weighted by Gasteiger charge is 2.19. The number of fused-ring (bicyclic) bond motifs is 2. The Balaban J connectivity index is 0.000000569. The lowest BCUT2D eigenvalue weighted by Crippen LogP contribution is -2.29. The first-order chi connectivity index (χ1) is 12.3. The van der Waals surface area contributed by atoms with Gasteiger partial charge in [-0.05, 0) is 61.8 Å². The van der Waals surface area contributed by atoms with Crippen molar-refractivity contribution in [3.8, 4) is 11.1 Å². The summed E-state index contributed by atoms with van der Waals surface area (Å²) in [5, 5.41) is 4.60. The van der Waals surface area contributed by atoms with E-state index in [9.17, 15) is 0 Å². The summed E-state index contributed by atoms with van der Waals surface area (Å²) < 4.78 is 2.21. The van der Waals surface area contributed by atoms with Crippen LogP contribution in [0.3, 0.4) is 0 Å². The maximum Gasteiger partial charge on any atom is 0.0571 e. The Labute approximate surface area is 153 Å². The molecule has 0 saturated carbocycles. The van der Waals surface area contributed by atoms with Crippen LogP contribution in [0.2, 0.25) is 0 Å². The second-order valence-electron chi connectivity index (χ2n) is 7.33. The summed E-state index contributed by atoms with van der Waals surface area (Å²) in [4.78, 5) is 2.55. The van der Waals surface area contributed by atoms with Crippen molar-refractivity contribution >= 4 is 5.69 Å². The summed E-state index contributed by atoms with van der Waals surface area (Å²) in [7, 11) is 0. The van der Waals surface area contributed by atoms with Crippen molar-refractivity contribution in [1.29, 1.82) is 0 Å². The highest BCUT2D eigenvalue weighted by atomic mass is 15.3. The lowest BCUT2D eigenvalue weighted by Gasteiger charge is -2.31. The van der Waals surface area contributed by atoms with E-state index in [0.29, 0.717) is 0 Å². The Morgan fingerprint density at radius 3 is 2.64 bits per heavy atom. The van der Waals surface area contributed by atoms with Crippen molar-refractivity contribution in [2.75, 3.05) is 18.0 Å². The van der Waals surface area contributed by atoms with Gasteiger partial charge in [-0.25, -0.2) is 0 Å². The molecule has 0 radical (unpaired) electrons. The minimum absolute atomic E-state index is 1.09. The third kappa shape index (κ3) is 3.91. The average molecular weight is 340 g/mol. The van der Waals surface area contributed by atoms with Crippen molar-refractivity contribution in [3.63, 3.8) is 0 Å². The Morgan fingerprint density at radius 1 is 1.00 bits per heavy atom. The first-order valence-corrected chi connectivity index (χ1v) is 10.2. The number of hydrogen-bond acceptors (Lipinski definition) is 2. The normalized spacial score (nSPS) is 15.9. The molecule has 2 aliphatic heterocycles. The van der Waals surface area contributed by atoms with Gasteiger partial charge in [-0.1, -0.05) is 33.3 Å². The van der Waals surface area contributed by atoms with E-state index in [1.807, 2.05) is 0 Å². The summed E-state index contributed by atoms with van der Waals surface area (Å²) in [5.74, 6) is 0. The molecule has 1 aromatic carbocycles. The second-order valence-corrected chi connectivity index (χ2v) is 7.33. The number of anilines is 1. The zero-order valence-electron chi connectivity index (χ0n) is 16.2. The molecule has 2 aromatic rings. The van der Waals surface area contributed by atoms with E-state index in [1.165, 1.54) is 86.1 Å². The summed E-state index contributed by atoms with van der Waals surface area (Å²) in [6.45, 7) is 9.99. The molecule has 0 fully saturated rings. The Morgan fingerprint density at radius 2 is 1.84 bits per heavy atom. The number of rotatable bonds is 3. The lowest BCUT2D eigenvalue weighted by atomic mass is 9.95. The fraction of sp³-hybridized carbons (Fsp3) is 0.591. The molecule has 4 rings (SSSR count). The van der Waals surface area contributed by atoms with Gasteiger partial charge in [0.25, 0.3) is 0 Å². The first kappa shape index (κ1) is 18.0. The molecule has 25 heavy (non-hydrogen) atoms. The van der Waals surface area contributed by atoms with Gasteiger partial charge in [-0.3, -0.25) is 4.68 Å². The highest BCUT2D eigenvalue weighted by molar-refractivity contribution is 5.71. The van der Waals surface area contributed by atoms with Gasteiger partial charge in [-0.15, -0.1) is 0 Å². The zero-order chi connectivity index (χ0) is 17.6. The van der Waals surface area contributed by atoms with E-state index < -0.39 is 0 Å². The molecule has 0 N–H and O–H groups in total. The van der Waals surface area contributed by atoms with Gasteiger partial charge >= 0.3 is 0 Å². The summed E-state index contributed by atoms with van der Waals surface area (Å²) in [5.41, 5.74) is 7.13. The van der Waals surface area contributed by atoms with Crippen LogP contribution < -0.4 is 4.90 Å². The third-order valence-electron chi connectivity index (χ3n) is 5.08. The standard InChI is InChI=1S/C19H25N3.C3H8/c1-2-10-21-11-5-6-16-13-15(8-9-18(16)21)17-14-20-22-12-4-3-7-19(17)22;1-3-2/h8-9,13-14H,2-7,10-12H2,1H3;3H2,1-2H3. The molecule has 0 amide bonds. The summed E-state index contributed by atoms with van der Waals surface area (Å²) in [6.07, 6.45) is 10.8. The van der Waals surface area contributed by atoms with Crippen LogP contribution >= 0.6 is 0 Å². The number of benzene rings is 1. The summed E-state index contributed by atoms with van der Waals surface area (Å²) >= 11 is 0. The Bertz CT molecular complexity index is 687. The predicted octanol–water partition coefficient (Wildman–Crippen LogP) is 5.47. The number of hydrogen-bond donors (Lipinski definition) is 0. The maximum absolute atomic E-state index is 4.60. The molecular weight excluding hydrogens is 306 g/mol. The summed E-state index contributed by atoms with van der Waals surface area (Å²) in [6, 6.07) is 7.06. The molecule has 0 unspecified atom stereocenters. The molecule has 136 valence electrons. The molecular formula is C22H33N3. The van der Waals surface area contributed by atoms with Crippen LogP contribution in [0.25, 0.3) is 11.1 Å². The van der Waals surface area contributed by atoms with E-state index in [4.69, 9.17) is 0 Å². The third-order valence-corrected chi connectivity index (χ3v) is 5.08. The van der Waals surface area contributed by atoms with Gasteiger partial charge < -0.3 is 4.90 Å². The van der Waals surface area contributed by atoms with Crippen LogP contribution in [-0.2, 0) is 19.4 Å². The van der Waals surface area contributed by atoms with E-state index in [-0.39, 0.29) is 0 Å². The maximum atomic E-state index is 4.60. The average Bonchev–Trinajstić information content (AvgIpc) is 3.07. The fourth-order valence-electron chi connectivity index (χ4n) is 4.01. The highest BCUT2D eigenvalue weighted by Crippen LogP contribution is 2.34. The van der Waals surface area contributed by atoms with Crippen molar-refractivity contribution in [3.05, 3.63) is 35.7 Å². The molecule has 0 saturated heterocycles. The van der Waals surface area contributed by atoms with Gasteiger partial charge in [0.2, 0.25) is 0 Å². The van der Waals surface area contributed by atoms with Gasteiger partial charge in [0.05, 0.1) is 6.20 Å². The molecule has 2 aliphatic rings. The van der Waals surface area contributed by atoms with E-state index in [2.05, 4.69) is 59.8 Å². The van der Waals surface area contributed by atoms with Crippen LogP contribution in [0.4, 0.5) is 5.69 Å². The fourth-order valence-corrected chi connectivity index (χ4v) is 4.01. The van der Waals surface area contributed by atoms with Crippen molar-refractivity contribution in [2.24, 2.45) is 0 Å². The number of aromatic nitrogens is 2. The zero-order valence-corrected chi connectivity index (χ0v) is 16.2. The number of nitrogens with zero attached hydrogens (tertiary/aromatic N) is 3. The smallest absolute Gasteiger partial charge is 0.0571 e. The van der Waals surface area contributed by atoms with E-state index >= 15 is 0 Å². The monoisotopic (exact) mass is 339 g/mol. The molecule has 0 atom stereocenters. The molecule has 0 aliphatic carbocycles.